The SMILES string of the molecule is CCC(=O)NCNC(=O)c1cc(-c2cc(Br)cc(OC(F)(F)F)c2)n(C2N=C(Cl)C=CC2C)n1. The van der Waals surface area contributed by atoms with Crippen LogP contribution in [0.5, 0.6) is 5.75 Å². The number of rotatable bonds is 7. The number of nitrogens with zero attached hydrogens (tertiary/aromatic N) is 3. The van der Waals surface area contributed by atoms with E-state index in [9.17, 15) is 22.8 Å². The van der Waals surface area contributed by atoms with Gasteiger partial charge in [0.25, 0.3) is 5.91 Å². The summed E-state index contributed by atoms with van der Waals surface area (Å²) in [6, 6.07) is 5.34. The molecule has 2 N–H and O–H groups in total. The number of halogens is 5. The van der Waals surface area contributed by atoms with Gasteiger partial charge >= 0.3 is 6.36 Å². The molecule has 0 saturated carbocycles. The van der Waals surface area contributed by atoms with E-state index in [4.69, 9.17) is 11.6 Å². The van der Waals surface area contributed by atoms with Crippen LogP contribution < -0.4 is 15.4 Å². The largest absolute Gasteiger partial charge is 0.573 e. The van der Waals surface area contributed by atoms with Gasteiger partial charge in [-0.1, -0.05) is 47.5 Å². The second-order valence-electron chi connectivity index (χ2n) is 7.30. The first-order valence-electron chi connectivity index (χ1n) is 10.1. The number of benzene rings is 1. The Kier molecular flexibility index (Phi) is 8.03. The highest BCUT2D eigenvalue weighted by Crippen LogP contribution is 2.35. The van der Waals surface area contributed by atoms with Crippen LogP contribution in [0.4, 0.5) is 13.2 Å². The average molecular weight is 563 g/mol. The second kappa shape index (κ2) is 10.6. The predicted molar refractivity (Wildman–Crippen MR) is 123 cm³/mol. The van der Waals surface area contributed by atoms with E-state index >= 15 is 0 Å². The zero-order valence-electron chi connectivity index (χ0n) is 18.0. The van der Waals surface area contributed by atoms with Crippen molar-refractivity contribution in [1.29, 1.82) is 0 Å². The molecule has 3 rings (SSSR count). The van der Waals surface area contributed by atoms with E-state index in [0.717, 1.165) is 0 Å². The summed E-state index contributed by atoms with van der Waals surface area (Å²) in [6.45, 7) is 3.42. The van der Waals surface area contributed by atoms with Crippen molar-refractivity contribution in [2.45, 2.75) is 32.8 Å². The van der Waals surface area contributed by atoms with E-state index in [0.29, 0.717) is 15.7 Å². The molecule has 0 bridgehead atoms. The zero-order chi connectivity index (χ0) is 25.0. The van der Waals surface area contributed by atoms with Gasteiger partial charge in [0.1, 0.15) is 17.1 Å². The number of dihydropyridines is 1. The van der Waals surface area contributed by atoms with E-state index in [-0.39, 0.29) is 35.8 Å². The summed E-state index contributed by atoms with van der Waals surface area (Å²) in [4.78, 5) is 28.4. The molecule has 13 heteroatoms. The van der Waals surface area contributed by atoms with Crippen LogP contribution in [0.1, 0.15) is 36.9 Å². The van der Waals surface area contributed by atoms with Crippen molar-refractivity contribution in [3.8, 4) is 17.0 Å². The van der Waals surface area contributed by atoms with Crippen LogP contribution in [0, 0.1) is 5.92 Å². The number of hydrogen-bond acceptors (Lipinski definition) is 5. The summed E-state index contributed by atoms with van der Waals surface area (Å²) in [5.41, 5.74) is 0.594. The van der Waals surface area contributed by atoms with Crippen molar-refractivity contribution >= 4 is 44.5 Å². The van der Waals surface area contributed by atoms with Crippen LogP contribution in [-0.4, -0.2) is 39.8 Å². The van der Waals surface area contributed by atoms with Crippen molar-refractivity contribution in [1.82, 2.24) is 20.4 Å². The van der Waals surface area contributed by atoms with Gasteiger partial charge in [-0.05, 0) is 30.3 Å². The monoisotopic (exact) mass is 561 g/mol. The first kappa shape index (κ1) is 25.8. The minimum Gasteiger partial charge on any atom is -0.406 e. The molecular weight excluding hydrogens is 543 g/mol. The smallest absolute Gasteiger partial charge is 0.406 e. The Balaban J connectivity index is 2.02. The summed E-state index contributed by atoms with van der Waals surface area (Å²) in [5.74, 6) is -1.47. The summed E-state index contributed by atoms with van der Waals surface area (Å²) < 4.78 is 44.2. The fraction of sp³-hybridized carbons (Fsp3) is 0.333. The first-order valence-corrected chi connectivity index (χ1v) is 11.3. The third-order valence-electron chi connectivity index (χ3n) is 4.74. The van der Waals surface area contributed by atoms with Crippen LogP contribution in [-0.2, 0) is 4.79 Å². The molecule has 0 fully saturated rings. The molecule has 1 aliphatic heterocycles. The third-order valence-corrected chi connectivity index (χ3v) is 5.42. The molecular formula is C21H20BrClF3N5O3. The topological polar surface area (TPSA) is 97.6 Å². The Labute approximate surface area is 206 Å². The lowest BCUT2D eigenvalue weighted by Crippen LogP contribution is -2.37. The fourth-order valence-corrected chi connectivity index (χ4v) is 3.80. The van der Waals surface area contributed by atoms with Gasteiger partial charge in [0.05, 0.1) is 12.4 Å². The molecule has 2 heterocycles. The number of hydrogen-bond donors (Lipinski definition) is 2. The minimum atomic E-state index is -4.88. The highest BCUT2D eigenvalue weighted by atomic mass is 79.9. The lowest BCUT2D eigenvalue weighted by molar-refractivity contribution is -0.274. The number of allylic oxidation sites excluding steroid dienone is 1. The molecule has 34 heavy (non-hydrogen) atoms. The summed E-state index contributed by atoms with van der Waals surface area (Å²) >= 11 is 9.27. The highest BCUT2D eigenvalue weighted by Gasteiger charge is 2.32. The van der Waals surface area contributed by atoms with Crippen molar-refractivity contribution in [3.05, 3.63) is 46.6 Å². The van der Waals surface area contributed by atoms with E-state index in [1.807, 2.05) is 13.0 Å². The summed E-state index contributed by atoms with van der Waals surface area (Å²) in [6.07, 6.45) is -1.84. The van der Waals surface area contributed by atoms with Gasteiger partial charge in [0.2, 0.25) is 5.91 Å². The van der Waals surface area contributed by atoms with E-state index < -0.39 is 24.2 Å². The summed E-state index contributed by atoms with van der Waals surface area (Å²) in [7, 11) is 0. The maximum atomic E-state index is 12.8. The number of ether oxygens (including phenoxy) is 1. The molecule has 1 aliphatic rings. The quantitative estimate of drug-likeness (QED) is 0.475. The van der Waals surface area contributed by atoms with Gasteiger partial charge in [-0.2, -0.15) is 5.10 Å². The third kappa shape index (κ3) is 6.60. The normalized spacial score (nSPS) is 17.8. The Morgan fingerprint density at radius 1 is 1.24 bits per heavy atom. The van der Waals surface area contributed by atoms with Crippen LogP contribution in [0.25, 0.3) is 11.3 Å². The van der Waals surface area contributed by atoms with E-state index in [1.54, 1.807) is 19.1 Å². The van der Waals surface area contributed by atoms with Crippen molar-refractivity contribution in [2.24, 2.45) is 10.9 Å². The second-order valence-corrected chi connectivity index (χ2v) is 8.61. The Morgan fingerprint density at radius 2 is 1.97 bits per heavy atom. The van der Waals surface area contributed by atoms with Gasteiger partial charge < -0.3 is 15.4 Å². The molecule has 2 aromatic rings. The molecule has 0 aliphatic carbocycles. The molecule has 182 valence electrons. The van der Waals surface area contributed by atoms with E-state index in [2.05, 4.69) is 41.4 Å². The average Bonchev–Trinajstić information content (AvgIpc) is 3.19. The minimum absolute atomic E-state index is 0.0212. The van der Waals surface area contributed by atoms with E-state index in [1.165, 1.54) is 22.9 Å². The Hall–Kier alpha value is -2.86. The number of aliphatic imine (C=N–C) groups is 1. The standard InChI is InChI=1S/C21H20BrClF3N5O3/c1-3-18(32)27-10-28-20(33)15-9-16(31(30-15)19-11(2)4-5-17(23)29-19)12-6-13(22)8-14(7-12)34-21(24,25)26/h4-9,11,19H,3,10H2,1-2H3,(H,27,32)(H,28,33). The Bertz CT molecular complexity index is 1150. The van der Waals surface area contributed by atoms with Crippen LogP contribution >= 0.6 is 27.5 Å². The molecule has 0 radical (unpaired) electrons. The first-order chi connectivity index (χ1) is 16.0. The van der Waals surface area contributed by atoms with Crippen molar-refractivity contribution in [3.63, 3.8) is 0 Å². The number of alkyl halides is 3. The number of amides is 2. The molecule has 0 saturated heterocycles. The van der Waals surface area contributed by atoms with Crippen molar-refractivity contribution < 1.29 is 27.5 Å². The Morgan fingerprint density at radius 3 is 2.65 bits per heavy atom. The van der Waals surface area contributed by atoms with Gasteiger partial charge in [-0.25, -0.2) is 9.67 Å². The fourth-order valence-electron chi connectivity index (χ4n) is 3.16. The predicted octanol–water partition coefficient (Wildman–Crippen LogP) is 4.77. The van der Waals surface area contributed by atoms with Crippen molar-refractivity contribution in [2.75, 3.05) is 6.67 Å². The lowest BCUT2D eigenvalue weighted by Gasteiger charge is -2.23. The van der Waals surface area contributed by atoms with Crippen LogP contribution in [0.2, 0.25) is 0 Å². The van der Waals surface area contributed by atoms with Crippen LogP contribution in [0.15, 0.2) is 45.9 Å². The molecule has 2 amide bonds. The van der Waals surface area contributed by atoms with Gasteiger partial charge in [0.15, 0.2) is 5.69 Å². The highest BCUT2D eigenvalue weighted by molar-refractivity contribution is 9.10. The molecule has 2 atom stereocenters. The van der Waals surface area contributed by atoms with Gasteiger partial charge in [0, 0.05) is 22.4 Å². The van der Waals surface area contributed by atoms with Crippen LogP contribution in [0.3, 0.4) is 0 Å². The van der Waals surface area contributed by atoms with Gasteiger partial charge in [-0.15, -0.1) is 13.2 Å². The summed E-state index contributed by atoms with van der Waals surface area (Å²) in [5, 5.41) is 9.62. The maximum Gasteiger partial charge on any atom is 0.573 e. The lowest BCUT2D eigenvalue weighted by atomic mass is 10.1. The van der Waals surface area contributed by atoms with Gasteiger partial charge in [-0.3, -0.25) is 9.59 Å². The zero-order valence-corrected chi connectivity index (χ0v) is 20.3. The maximum absolute atomic E-state index is 12.8. The molecule has 1 aromatic heterocycles. The number of carbonyl (C=O) groups is 2. The molecule has 0 spiro atoms. The number of carbonyl (C=O) groups excluding carboxylic acids is 2. The molecule has 1 aromatic carbocycles. The number of aromatic nitrogens is 2. The number of nitrogens with one attached hydrogen (secondary N) is 2. The molecule has 2 unspecified atom stereocenters. The molecule has 8 nitrogen and oxygen atoms in total.